The summed E-state index contributed by atoms with van der Waals surface area (Å²) in [5.41, 5.74) is 1.82. The Morgan fingerprint density at radius 1 is 0.889 bits per heavy atom. The van der Waals surface area contributed by atoms with E-state index in [1.54, 1.807) is 66.7 Å². The molecule has 3 aromatic carbocycles. The maximum atomic E-state index is 14.0. The lowest BCUT2D eigenvalue weighted by molar-refractivity contribution is -0.142. The Balaban J connectivity index is 1.94. The highest BCUT2D eigenvalue weighted by Gasteiger charge is 2.31. The molecule has 0 aliphatic carbocycles. The maximum absolute atomic E-state index is 14.0. The molecule has 36 heavy (non-hydrogen) atoms. The second kappa shape index (κ2) is 10.6. The lowest BCUT2D eigenvalue weighted by Gasteiger charge is -2.30. The number of ether oxygens (including phenoxy) is 2. The molecule has 1 N–H and O–H groups in total. The topological polar surface area (TPSA) is 109 Å². The molecule has 0 unspecified atom stereocenters. The number of esters is 1. The maximum Gasteiger partial charge on any atom is 0.431 e. The van der Waals surface area contributed by atoms with Gasteiger partial charge in [-0.3, -0.25) is 4.79 Å². The molecule has 4 aromatic rings. The van der Waals surface area contributed by atoms with Crippen LogP contribution in [0.15, 0.2) is 84.9 Å². The van der Waals surface area contributed by atoms with Crippen LogP contribution in [0.25, 0.3) is 22.2 Å². The molecule has 1 heterocycles. The van der Waals surface area contributed by atoms with Gasteiger partial charge in [0.15, 0.2) is 12.4 Å². The molecule has 2 amide bonds. The predicted molar refractivity (Wildman–Crippen MR) is 134 cm³/mol. The number of carbonyl (C=O) groups excluding carboxylic acids is 2. The molecule has 0 bridgehead atoms. The van der Waals surface area contributed by atoms with Crippen LogP contribution in [-0.4, -0.2) is 53.8 Å². The third-order valence-corrected chi connectivity index (χ3v) is 5.45. The molecule has 9 heteroatoms. The first-order valence-corrected chi connectivity index (χ1v) is 11.0. The number of hydrogen-bond donors (Lipinski definition) is 1. The fraction of sp³-hybridized carbons (Fsp3) is 0.111. The van der Waals surface area contributed by atoms with Crippen molar-refractivity contribution in [2.45, 2.75) is 0 Å². The van der Waals surface area contributed by atoms with Crippen molar-refractivity contribution in [2.75, 3.05) is 25.8 Å². The van der Waals surface area contributed by atoms with Gasteiger partial charge in [0.25, 0.3) is 5.91 Å². The second-order valence-corrected chi connectivity index (χ2v) is 7.67. The average Bonchev–Trinajstić information content (AvgIpc) is 2.91. The third-order valence-electron chi connectivity index (χ3n) is 5.45. The zero-order chi connectivity index (χ0) is 25.7. The predicted octanol–water partition coefficient (Wildman–Crippen LogP) is 4.63. The molecule has 0 atom stereocenters. The Bertz CT molecular complexity index is 1410. The number of amides is 2. The lowest BCUT2D eigenvalue weighted by Crippen LogP contribution is -2.47. The molecular weight excluding hydrogens is 462 g/mol. The van der Waals surface area contributed by atoms with E-state index in [9.17, 15) is 19.5 Å². The first kappa shape index (κ1) is 24.2. The van der Waals surface area contributed by atoms with Gasteiger partial charge in [0.1, 0.15) is 5.69 Å². The van der Waals surface area contributed by atoms with Crippen LogP contribution in [0.1, 0.15) is 10.4 Å². The Labute approximate surface area is 207 Å². The lowest BCUT2D eigenvalue weighted by atomic mass is 10.0. The molecular formula is C27H23N3O6. The summed E-state index contributed by atoms with van der Waals surface area (Å²) in [4.78, 5) is 42.8. The van der Waals surface area contributed by atoms with Crippen molar-refractivity contribution in [1.82, 2.24) is 9.99 Å². The highest BCUT2D eigenvalue weighted by molar-refractivity contribution is 6.12. The standard InChI is InChI=1S/C27H23N3O6/c1-29(30(27(33)34)19-13-7-4-8-14-19)26(32)23-20-15-9-10-16-21(20)28-24(18-11-5-3-6-12-18)25(23)36-17-22(31)35-2/h3-16H,17H2,1-2H3,(H,33,34). The van der Waals surface area contributed by atoms with E-state index in [0.29, 0.717) is 22.2 Å². The number of nitrogens with zero attached hydrogens (tertiary/aromatic N) is 3. The summed E-state index contributed by atoms with van der Waals surface area (Å²) in [6.45, 7) is -0.471. The van der Waals surface area contributed by atoms with Crippen LogP contribution in [0.3, 0.4) is 0 Å². The molecule has 0 saturated carbocycles. The molecule has 0 radical (unpaired) electrons. The van der Waals surface area contributed by atoms with Crippen molar-refractivity contribution in [3.05, 3.63) is 90.5 Å². The molecule has 9 nitrogen and oxygen atoms in total. The zero-order valence-electron chi connectivity index (χ0n) is 19.6. The van der Waals surface area contributed by atoms with Gasteiger partial charge in [-0.15, -0.1) is 0 Å². The number of anilines is 1. The van der Waals surface area contributed by atoms with Gasteiger partial charge in [-0.1, -0.05) is 66.7 Å². The minimum atomic E-state index is -1.35. The molecule has 0 aliphatic rings. The Morgan fingerprint density at radius 3 is 2.14 bits per heavy atom. The summed E-state index contributed by atoms with van der Waals surface area (Å²) in [5, 5.41) is 12.2. The molecule has 0 fully saturated rings. The monoisotopic (exact) mass is 485 g/mol. The molecule has 0 aliphatic heterocycles. The van der Waals surface area contributed by atoms with Gasteiger partial charge in [-0.2, -0.15) is 5.01 Å². The SMILES string of the molecule is COC(=O)COc1c(-c2ccccc2)nc2ccccc2c1C(=O)N(C)N(C(=O)O)c1ccccc1. The van der Waals surface area contributed by atoms with E-state index in [2.05, 4.69) is 0 Å². The van der Waals surface area contributed by atoms with Crippen molar-refractivity contribution in [3.63, 3.8) is 0 Å². The van der Waals surface area contributed by atoms with Crippen molar-refractivity contribution >= 4 is 34.6 Å². The number of methoxy groups -OCH3 is 1. The number of hydrogen-bond acceptors (Lipinski definition) is 6. The molecule has 1 aromatic heterocycles. The van der Waals surface area contributed by atoms with E-state index in [1.807, 2.05) is 18.2 Å². The van der Waals surface area contributed by atoms with Crippen LogP contribution in [0.4, 0.5) is 10.5 Å². The minimum Gasteiger partial charge on any atom is -0.479 e. The van der Waals surface area contributed by atoms with Crippen LogP contribution >= 0.6 is 0 Å². The van der Waals surface area contributed by atoms with Crippen LogP contribution in [0.2, 0.25) is 0 Å². The van der Waals surface area contributed by atoms with Crippen molar-refractivity contribution in [2.24, 2.45) is 0 Å². The number of fused-ring (bicyclic) bond motifs is 1. The first-order valence-electron chi connectivity index (χ1n) is 11.0. The summed E-state index contributed by atoms with van der Waals surface area (Å²) in [6, 6.07) is 24.2. The molecule has 0 spiro atoms. The van der Waals surface area contributed by atoms with Crippen LogP contribution in [0, 0.1) is 0 Å². The molecule has 4 rings (SSSR count). The van der Waals surface area contributed by atoms with Crippen molar-refractivity contribution < 1.29 is 29.0 Å². The number of benzene rings is 3. The zero-order valence-corrected chi connectivity index (χ0v) is 19.6. The Hall–Kier alpha value is -4.92. The number of pyridine rings is 1. The smallest absolute Gasteiger partial charge is 0.431 e. The fourth-order valence-corrected chi connectivity index (χ4v) is 3.76. The van der Waals surface area contributed by atoms with E-state index >= 15 is 0 Å². The van der Waals surface area contributed by atoms with Crippen LogP contribution in [-0.2, 0) is 9.53 Å². The highest BCUT2D eigenvalue weighted by atomic mass is 16.6. The number of hydrazine groups is 1. The average molecular weight is 485 g/mol. The fourth-order valence-electron chi connectivity index (χ4n) is 3.76. The largest absolute Gasteiger partial charge is 0.479 e. The Morgan fingerprint density at radius 2 is 1.50 bits per heavy atom. The van der Waals surface area contributed by atoms with E-state index in [-0.39, 0.29) is 17.0 Å². The summed E-state index contributed by atoms with van der Waals surface area (Å²) in [7, 11) is 2.58. The van der Waals surface area contributed by atoms with E-state index in [1.165, 1.54) is 14.2 Å². The van der Waals surface area contributed by atoms with Gasteiger partial charge in [0.2, 0.25) is 0 Å². The Kier molecular flexibility index (Phi) is 7.10. The number of carboxylic acid groups (broad SMARTS) is 1. The van der Waals surface area contributed by atoms with Gasteiger partial charge in [-0.05, 0) is 18.2 Å². The van der Waals surface area contributed by atoms with E-state index in [0.717, 1.165) is 10.0 Å². The van der Waals surface area contributed by atoms with Gasteiger partial charge >= 0.3 is 12.1 Å². The highest BCUT2D eigenvalue weighted by Crippen LogP contribution is 2.37. The third kappa shape index (κ3) is 4.80. The number of carbonyl (C=O) groups is 3. The number of aromatic nitrogens is 1. The van der Waals surface area contributed by atoms with E-state index in [4.69, 9.17) is 14.5 Å². The van der Waals surface area contributed by atoms with Crippen LogP contribution < -0.4 is 9.75 Å². The van der Waals surface area contributed by atoms with Crippen molar-refractivity contribution in [1.29, 1.82) is 0 Å². The first-order chi connectivity index (χ1) is 17.4. The van der Waals surface area contributed by atoms with E-state index < -0.39 is 24.6 Å². The van der Waals surface area contributed by atoms with Crippen molar-refractivity contribution in [3.8, 4) is 17.0 Å². The summed E-state index contributed by atoms with van der Waals surface area (Å²) < 4.78 is 10.6. The van der Waals surface area contributed by atoms with Gasteiger partial charge in [0.05, 0.1) is 23.9 Å². The summed E-state index contributed by atoms with van der Waals surface area (Å²) >= 11 is 0. The quantitative estimate of drug-likeness (QED) is 0.313. The molecule has 0 saturated heterocycles. The van der Waals surface area contributed by atoms with Crippen LogP contribution in [0.5, 0.6) is 5.75 Å². The van der Waals surface area contributed by atoms with Gasteiger partial charge in [0, 0.05) is 18.0 Å². The minimum absolute atomic E-state index is 0.0422. The number of para-hydroxylation sites is 2. The molecule has 182 valence electrons. The summed E-state index contributed by atoms with van der Waals surface area (Å²) in [6.07, 6.45) is -1.35. The number of rotatable bonds is 6. The van der Waals surface area contributed by atoms with Gasteiger partial charge in [-0.25, -0.2) is 19.6 Å². The summed E-state index contributed by atoms with van der Waals surface area (Å²) in [5.74, 6) is -1.28. The normalized spacial score (nSPS) is 10.5. The van der Waals surface area contributed by atoms with Gasteiger partial charge < -0.3 is 14.6 Å². The second-order valence-electron chi connectivity index (χ2n) is 7.67.